The summed E-state index contributed by atoms with van der Waals surface area (Å²) in [5.74, 6) is 0. The number of nitrogens with one attached hydrogen (secondary N) is 1. The summed E-state index contributed by atoms with van der Waals surface area (Å²) in [6.45, 7) is 5.28. The van der Waals surface area contributed by atoms with E-state index in [9.17, 15) is 8.42 Å². The van der Waals surface area contributed by atoms with Crippen molar-refractivity contribution in [2.45, 2.75) is 31.3 Å². The quantitative estimate of drug-likeness (QED) is 0.873. The van der Waals surface area contributed by atoms with Gasteiger partial charge in [0.2, 0.25) is 0 Å². The van der Waals surface area contributed by atoms with Crippen molar-refractivity contribution in [2.75, 3.05) is 0 Å². The van der Waals surface area contributed by atoms with Crippen LogP contribution in [0.1, 0.15) is 20.8 Å². The molecular formula is C10H14BrNO3S. The van der Waals surface area contributed by atoms with Crippen LogP contribution >= 0.6 is 15.9 Å². The van der Waals surface area contributed by atoms with Gasteiger partial charge in [0.15, 0.2) is 0 Å². The standard InChI is InChI=1S/C10H14BrNO3S/c1-10(2,3)15-12-16(13,14)9-6-4-8(11)5-7-9/h4-7,12H,1-3H3. The zero-order valence-corrected chi connectivity index (χ0v) is 11.7. The molecule has 0 saturated carbocycles. The third-order valence-electron chi connectivity index (χ3n) is 1.58. The predicted molar refractivity (Wildman–Crippen MR) is 65.3 cm³/mol. The molecule has 0 fully saturated rings. The van der Waals surface area contributed by atoms with E-state index in [1.165, 1.54) is 12.1 Å². The SMILES string of the molecule is CC(C)(C)ONS(=O)(=O)c1ccc(Br)cc1. The minimum absolute atomic E-state index is 0.167. The van der Waals surface area contributed by atoms with Crippen LogP contribution in [0, 0.1) is 0 Å². The van der Waals surface area contributed by atoms with Gasteiger partial charge in [0, 0.05) is 4.47 Å². The Morgan fingerprint density at radius 3 is 2.12 bits per heavy atom. The smallest absolute Gasteiger partial charge is 0.262 e. The molecule has 4 nitrogen and oxygen atoms in total. The first-order chi connectivity index (χ1) is 7.21. The van der Waals surface area contributed by atoms with Crippen molar-refractivity contribution in [1.82, 2.24) is 4.89 Å². The normalized spacial score (nSPS) is 12.8. The predicted octanol–water partition coefficient (Wildman–Crippen LogP) is 2.46. The lowest BCUT2D eigenvalue weighted by atomic mass is 10.2. The highest BCUT2D eigenvalue weighted by atomic mass is 79.9. The van der Waals surface area contributed by atoms with E-state index in [-0.39, 0.29) is 4.90 Å². The maximum atomic E-state index is 11.7. The molecule has 0 atom stereocenters. The molecule has 0 aliphatic carbocycles. The van der Waals surface area contributed by atoms with E-state index in [2.05, 4.69) is 20.8 Å². The largest absolute Gasteiger partial charge is 0.281 e. The number of halogens is 1. The summed E-state index contributed by atoms with van der Waals surface area (Å²) in [4.78, 5) is 7.29. The first-order valence-corrected chi connectivity index (χ1v) is 6.94. The fourth-order valence-corrected chi connectivity index (χ4v) is 2.06. The summed E-state index contributed by atoms with van der Waals surface area (Å²) in [5.41, 5.74) is -0.567. The molecule has 0 spiro atoms. The van der Waals surface area contributed by atoms with Gasteiger partial charge in [0.05, 0.1) is 10.5 Å². The van der Waals surface area contributed by atoms with Gasteiger partial charge in [-0.3, -0.25) is 4.84 Å². The fourth-order valence-electron chi connectivity index (χ4n) is 0.842. The van der Waals surface area contributed by atoms with Gasteiger partial charge < -0.3 is 0 Å². The molecule has 0 aliphatic rings. The monoisotopic (exact) mass is 307 g/mol. The van der Waals surface area contributed by atoms with Crippen molar-refractivity contribution >= 4 is 26.0 Å². The lowest BCUT2D eigenvalue weighted by molar-refractivity contribution is -0.0357. The molecule has 1 aromatic rings. The summed E-state index contributed by atoms with van der Waals surface area (Å²) < 4.78 is 24.3. The summed E-state index contributed by atoms with van der Waals surface area (Å²) in [5, 5.41) is 0. The number of hydrogen-bond donors (Lipinski definition) is 1. The van der Waals surface area contributed by atoms with Gasteiger partial charge in [-0.25, -0.2) is 8.42 Å². The van der Waals surface area contributed by atoms with Crippen molar-refractivity contribution in [3.63, 3.8) is 0 Å². The average molecular weight is 308 g/mol. The highest BCUT2D eigenvalue weighted by Gasteiger charge is 2.18. The first-order valence-electron chi connectivity index (χ1n) is 4.66. The molecule has 0 bridgehead atoms. The minimum atomic E-state index is -3.60. The Morgan fingerprint density at radius 2 is 1.69 bits per heavy atom. The average Bonchev–Trinajstić information content (AvgIpc) is 2.15. The fraction of sp³-hybridized carbons (Fsp3) is 0.400. The van der Waals surface area contributed by atoms with Crippen LogP contribution < -0.4 is 4.89 Å². The van der Waals surface area contributed by atoms with Crippen molar-refractivity contribution in [3.8, 4) is 0 Å². The van der Waals surface area contributed by atoms with Crippen LogP contribution in [0.5, 0.6) is 0 Å². The third-order valence-corrected chi connectivity index (χ3v) is 3.31. The Bertz CT molecular complexity index is 448. The summed E-state index contributed by atoms with van der Waals surface area (Å²) in [7, 11) is -3.60. The van der Waals surface area contributed by atoms with Crippen molar-refractivity contribution < 1.29 is 13.3 Å². The molecule has 90 valence electrons. The van der Waals surface area contributed by atoms with E-state index >= 15 is 0 Å². The van der Waals surface area contributed by atoms with Gasteiger partial charge in [0.1, 0.15) is 0 Å². The topological polar surface area (TPSA) is 55.4 Å². The van der Waals surface area contributed by atoms with E-state index in [1.807, 2.05) is 0 Å². The maximum Gasteiger partial charge on any atom is 0.262 e. The van der Waals surface area contributed by atoms with Crippen LogP contribution in [0.4, 0.5) is 0 Å². The molecule has 0 amide bonds. The molecule has 1 N–H and O–H groups in total. The van der Waals surface area contributed by atoms with Crippen LogP contribution in [-0.4, -0.2) is 14.0 Å². The molecule has 16 heavy (non-hydrogen) atoms. The molecule has 0 unspecified atom stereocenters. The van der Waals surface area contributed by atoms with Gasteiger partial charge in [0.25, 0.3) is 10.0 Å². The van der Waals surface area contributed by atoms with E-state index in [0.29, 0.717) is 0 Å². The summed E-state index contributed by atoms with van der Waals surface area (Å²) in [6, 6.07) is 6.31. The van der Waals surface area contributed by atoms with Gasteiger partial charge >= 0.3 is 0 Å². The van der Waals surface area contributed by atoms with E-state index in [0.717, 1.165) is 4.47 Å². The van der Waals surface area contributed by atoms with Gasteiger partial charge in [-0.2, -0.15) is 0 Å². The van der Waals surface area contributed by atoms with Crippen LogP contribution in [0.15, 0.2) is 33.6 Å². The lowest BCUT2D eigenvalue weighted by Crippen LogP contribution is -2.33. The van der Waals surface area contributed by atoms with Gasteiger partial charge in [-0.05, 0) is 45.0 Å². The first kappa shape index (κ1) is 13.6. The summed E-state index contributed by atoms with van der Waals surface area (Å²) in [6.07, 6.45) is 0. The zero-order chi connectivity index (χ0) is 12.4. The molecule has 0 aromatic heterocycles. The molecule has 0 heterocycles. The molecule has 1 rings (SSSR count). The third kappa shape index (κ3) is 4.21. The van der Waals surface area contributed by atoms with E-state index in [4.69, 9.17) is 4.84 Å². The second kappa shape index (κ2) is 4.83. The second-order valence-electron chi connectivity index (χ2n) is 4.26. The highest BCUT2D eigenvalue weighted by molar-refractivity contribution is 9.10. The summed E-state index contributed by atoms with van der Waals surface area (Å²) >= 11 is 3.24. The Morgan fingerprint density at radius 1 is 1.19 bits per heavy atom. The molecule has 0 radical (unpaired) electrons. The Hall–Kier alpha value is -0.430. The molecular weight excluding hydrogens is 294 g/mol. The highest BCUT2D eigenvalue weighted by Crippen LogP contribution is 2.15. The molecule has 1 aromatic carbocycles. The molecule has 6 heteroatoms. The van der Waals surface area contributed by atoms with E-state index < -0.39 is 15.6 Å². The Kier molecular flexibility index (Phi) is 4.12. The second-order valence-corrected chi connectivity index (χ2v) is 6.82. The Balaban J connectivity index is 2.83. The van der Waals surface area contributed by atoms with Crippen LogP contribution in [0.3, 0.4) is 0 Å². The van der Waals surface area contributed by atoms with E-state index in [1.54, 1.807) is 32.9 Å². The van der Waals surface area contributed by atoms with Crippen LogP contribution in [-0.2, 0) is 14.9 Å². The maximum absolute atomic E-state index is 11.7. The number of benzene rings is 1. The van der Waals surface area contributed by atoms with Crippen LogP contribution in [0.25, 0.3) is 0 Å². The van der Waals surface area contributed by atoms with Crippen molar-refractivity contribution in [1.29, 1.82) is 0 Å². The van der Waals surface area contributed by atoms with Gasteiger partial charge in [-0.15, -0.1) is 0 Å². The molecule has 0 saturated heterocycles. The van der Waals surface area contributed by atoms with Crippen LogP contribution in [0.2, 0.25) is 0 Å². The zero-order valence-electron chi connectivity index (χ0n) is 9.32. The van der Waals surface area contributed by atoms with Gasteiger partial charge in [-0.1, -0.05) is 20.8 Å². The minimum Gasteiger partial charge on any atom is -0.281 e. The lowest BCUT2D eigenvalue weighted by Gasteiger charge is -2.19. The van der Waals surface area contributed by atoms with Crippen molar-refractivity contribution in [3.05, 3.63) is 28.7 Å². The van der Waals surface area contributed by atoms with Crippen molar-refractivity contribution in [2.24, 2.45) is 0 Å². The Labute approximate surface area is 104 Å². The molecule has 0 aliphatic heterocycles. The number of hydrogen-bond acceptors (Lipinski definition) is 3. The number of rotatable bonds is 3. The number of sulfonamides is 1.